The predicted octanol–water partition coefficient (Wildman–Crippen LogP) is 3.74. The molecule has 4 heteroatoms. The number of hydrogen-bond acceptors (Lipinski definition) is 3. The summed E-state index contributed by atoms with van der Waals surface area (Å²) in [7, 11) is 0. The van der Waals surface area contributed by atoms with Gasteiger partial charge in [-0.3, -0.25) is 4.90 Å². The lowest BCUT2D eigenvalue weighted by molar-refractivity contribution is 0.0504. The highest BCUT2D eigenvalue weighted by atomic mass is 16.6. The number of rotatable bonds is 4. The Labute approximate surface area is 133 Å². The maximum Gasteiger partial charge on any atom is 0.407 e. The molecule has 1 heterocycles. The molecular formula is C18H28N2O2. The molecule has 1 aliphatic rings. The molecule has 22 heavy (non-hydrogen) atoms. The normalized spacial score (nSPS) is 20.6. The predicted molar refractivity (Wildman–Crippen MR) is 88.8 cm³/mol. The number of carbonyl (C=O) groups is 1. The van der Waals surface area contributed by atoms with Crippen molar-refractivity contribution in [2.75, 3.05) is 13.1 Å². The summed E-state index contributed by atoms with van der Waals surface area (Å²) in [5, 5.41) is 2.99. The molecule has 1 saturated heterocycles. The van der Waals surface area contributed by atoms with Crippen molar-refractivity contribution in [1.29, 1.82) is 0 Å². The molecule has 1 aromatic rings. The first kappa shape index (κ1) is 16.8. The summed E-state index contributed by atoms with van der Waals surface area (Å²) in [6.07, 6.45) is 1.73. The van der Waals surface area contributed by atoms with Gasteiger partial charge in [-0.25, -0.2) is 4.79 Å². The highest BCUT2D eigenvalue weighted by molar-refractivity contribution is 5.68. The van der Waals surface area contributed by atoms with Gasteiger partial charge in [-0.1, -0.05) is 37.3 Å². The van der Waals surface area contributed by atoms with Gasteiger partial charge in [0, 0.05) is 25.2 Å². The van der Waals surface area contributed by atoms with Crippen LogP contribution in [0.5, 0.6) is 0 Å². The van der Waals surface area contributed by atoms with Gasteiger partial charge < -0.3 is 10.1 Å². The number of hydrogen-bond donors (Lipinski definition) is 1. The number of amides is 1. The van der Waals surface area contributed by atoms with Crippen molar-refractivity contribution in [2.45, 2.75) is 58.2 Å². The van der Waals surface area contributed by atoms with Crippen molar-refractivity contribution < 1.29 is 9.53 Å². The van der Waals surface area contributed by atoms with Gasteiger partial charge in [0.25, 0.3) is 0 Å². The number of likely N-dealkylation sites (tertiary alicyclic amines) is 1. The first-order valence-corrected chi connectivity index (χ1v) is 8.17. The molecule has 1 N–H and O–H groups in total. The number of ether oxygens (including phenoxy) is 1. The standard InChI is InChI=1S/C18H28N2O2/c1-5-16(14-9-7-6-8-10-14)20-12-11-15(13-20)19-17(21)22-18(2,3)4/h6-10,15-16H,5,11-13H2,1-4H3,(H,19,21)/t15-,16+/m0/s1. The summed E-state index contributed by atoms with van der Waals surface area (Å²) in [5.74, 6) is 0. The smallest absolute Gasteiger partial charge is 0.407 e. The minimum Gasteiger partial charge on any atom is -0.444 e. The third-order valence-electron chi connectivity index (χ3n) is 3.95. The third kappa shape index (κ3) is 4.73. The lowest BCUT2D eigenvalue weighted by Crippen LogP contribution is -2.40. The molecule has 1 fully saturated rings. The van der Waals surface area contributed by atoms with Crippen LogP contribution in [0.1, 0.15) is 52.1 Å². The molecule has 0 spiro atoms. The summed E-state index contributed by atoms with van der Waals surface area (Å²) >= 11 is 0. The van der Waals surface area contributed by atoms with Gasteiger partial charge in [-0.05, 0) is 39.2 Å². The van der Waals surface area contributed by atoms with Crippen molar-refractivity contribution in [1.82, 2.24) is 10.2 Å². The van der Waals surface area contributed by atoms with Gasteiger partial charge in [0.2, 0.25) is 0 Å². The van der Waals surface area contributed by atoms with E-state index in [2.05, 4.69) is 41.4 Å². The van der Waals surface area contributed by atoms with Crippen LogP contribution in [0.2, 0.25) is 0 Å². The second-order valence-electron chi connectivity index (χ2n) is 6.96. The third-order valence-corrected chi connectivity index (χ3v) is 3.95. The molecule has 0 unspecified atom stereocenters. The van der Waals surface area contributed by atoms with Gasteiger partial charge in [0.15, 0.2) is 0 Å². The Hall–Kier alpha value is -1.55. The van der Waals surface area contributed by atoms with E-state index in [1.807, 2.05) is 26.8 Å². The van der Waals surface area contributed by atoms with E-state index in [1.165, 1.54) is 5.56 Å². The molecule has 0 radical (unpaired) electrons. The molecule has 122 valence electrons. The minimum atomic E-state index is -0.446. The topological polar surface area (TPSA) is 41.6 Å². The van der Waals surface area contributed by atoms with E-state index in [-0.39, 0.29) is 12.1 Å². The largest absolute Gasteiger partial charge is 0.444 e. The Morgan fingerprint density at radius 2 is 2.05 bits per heavy atom. The van der Waals surface area contributed by atoms with Crippen LogP contribution in [-0.4, -0.2) is 35.7 Å². The Morgan fingerprint density at radius 3 is 2.64 bits per heavy atom. The number of nitrogens with one attached hydrogen (secondary N) is 1. The lowest BCUT2D eigenvalue weighted by atomic mass is 10.0. The zero-order chi connectivity index (χ0) is 16.2. The van der Waals surface area contributed by atoms with Crippen molar-refractivity contribution >= 4 is 6.09 Å². The van der Waals surface area contributed by atoms with E-state index in [0.717, 1.165) is 25.9 Å². The van der Waals surface area contributed by atoms with E-state index in [4.69, 9.17) is 4.74 Å². The molecule has 4 nitrogen and oxygen atoms in total. The second kappa shape index (κ2) is 7.14. The number of alkyl carbamates (subject to hydrolysis) is 1. The van der Waals surface area contributed by atoms with Crippen LogP contribution in [0.15, 0.2) is 30.3 Å². The van der Waals surface area contributed by atoms with Crippen molar-refractivity contribution in [3.05, 3.63) is 35.9 Å². The van der Waals surface area contributed by atoms with Crippen LogP contribution in [-0.2, 0) is 4.74 Å². The molecule has 2 atom stereocenters. The average molecular weight is 304 g/mol. The van der Waals surface area contributed by atoms with Crippen molar-refractivity contribution in [3.8, 4) is 0 Å². The number of carbonyl (C=O) groups excluding carboxylic acids is 1. The Kier molecular flexibility index (Phi) is 5.46. The zero-order valence-corrected chi connectivity index (χ0v) is 14.1. The van der Waals surface area contributed by atoms with E-state index in [1.54, 1.807) is 0 Å². The van der Waals surface area contributed by atoms with Crippen LogP contribution >= 0.6 is 0 Å². The summed E-state index contributed by atoms with van der Waals surface area (Å²) in [4.78, 5) is 14.3. The zero-order valence-electron chi connectivity index (χ0n) is 14.1. The van der Waals surface area contributed by atoms with Gasteiger partial charge in [-0.2, -0.15) is 0 Å². The van der Waals surface area contributed by atoms with Gasteiger partial charge >= 0.3 is 6.09 Å². The number of benzene rings is 1. The Morgan fingerprint density at radius 1 is 1.36 bits per heavy atom. The number of nitrogens with zero attached hydrogens (tertiary/aromatic N) is 1. The van der Waals surface area contributed by atoms with E-state index in [0.29, 0.717) is 6.04 Å². The van der Waals surface area contributed by atoms with Crippen LogP contribution in [0.25, 0.3) is 0 Å². The second-order valence-corrected chi connectivity index (χ2v) is 6.96. The van der Waals surface area contributed by atoms with Gasteiger partial charge in [0.1, 0.15) is 5.60 Å². The minimum absolute atomic E-state index is 0.174. The quantitative estimate of drug-likeness (QED) is 0.921. The molecule has 2 rings (SSSR count). The molecule has 0 aliphatic carbocycles. The Bertz CT molecular complexity index is 482. The van der Waals surface area contributed by atoms with Gasteiger partial charge in [-0.15, -0.1) is 0 Å². The summed E-state index contributed by atoms with van der Waals surface area (Å²) in [6.45, 7) is 9.76. The molecular weight excluding hydrogens is 276 g/mol. The average Bonchev–Trinajstić information content (AvgIpc) is 2.87. The van der Waals surface area contributed by atoms with E-state index >= 15 is 0 Å². The van der Waals surface area contributed by atoms with Crippen molar-refractivity contribution in [2.24, 2.45) is 0 Å². The SMILES string of the molecule is CC[C@H](c1ccccc1)N1CC[C@H](NC(=O)OC(C)(C)C)C1. The van der Waals surface area contributed by atoms with Gasteiger partial charge in [0.05, 0.1) is 0 Å². The highest BCUT2D eigenvalue weighted by Crippen LogP contribution is 2.27. The van der Waals surface area contributed by atoms with Crippen LogP contribution < -0.4 is 5.32 Å². The molecule has 0 saturated carbocycles. The van der Waals surface area contributed by atoms with Crippen molar-refractivity contribution in [3.63, 3.8) is 0 Å². The first-order chi connectivity index (χ1) is 10.4. The molecule has 0 bridgehead atoms. The maximum absolute atomic E-state index is 11.9. The summed E-state index contributed by atoms with van der Waals surface area (Å²) in [6, 6.07) is 11.2. The highest BCUT2D eigenvalue weighted by Gasteiger charge is 2.30. The lowest BCUT2D eigenvalue weighted by Gasteiger charge is -2.27. The fourth-order valence-corrected chi connectivity index (χ4v) is 3.04. The van der Waals surface area contributed by atoms with Crippen LogP contribution in [0.4, 0.5) is 4.79 Å². The molecule has 0 aromatic heterocycles. The molecule has 1 amide bonds. The first-order valence-electron chi connectivity index (χ1n) is 8.17. The Balaban J connectivity index is 1.90. The van der Waals surface area contributed by atoms with E-state index < -0.39 is 5.60 Å². The summed E-state index contributed by atoms with van der Waals surface area (Å²) < 4.78 is 5.34. The fraction of sp³-hybridized carbons (Fsp3) is 0.611. The summed E-state index contributed by atoms with van der Waals surface area (Å²) in [5.41, 5.74) is 0.904. The van der Waals surface area contributed by atoms with E-state index in [9.17, 15) is 4.79 Å². The molecule has 1 aliphatic heterocycles. The van der Waals surface area contributed by atoms with Crippen LogP contribution in [0.3, 0.4) is 0 Å². The molecule has 1 aromatic carbocycles. The maximum atomic E-state index is 11.9. The fourth-order valence-electron chi connectivity index (χ4n) is 3.04. The van der Waals surface area contributed by atoms with Crippen LogP contribution in [0, 0.1) is 0 Å². The monoisotopic (exact) mass is 304 g/mol.